The molecule has 0 aromatic carbocycles. The summed E-state index contributed by atoms with van der Waals surface area (Å²) in [6.07, 6.45) is 0.106. The van der Waals surface area contributed by atoms with Crippen LogP contribution in [-0.4, -0.2) is 30.5 Å². The zero-order valence-corrected chi connectivity index (χ0v) is 6.40. The lowest BCUT2D eigenvalue weighted by molar-refractivity contribution is -0.119. The highest BCUT2D eigenvalue weighted by atomic mass is 19.3. The Bertz CT molecular complexity index is 117. The Kier molecular flexibility index (Phi) is 1.95. The largest absolute Gasteiger partial charge is 0.303 e. The quantitative estimate of drug-likeness (QED) is 0.578. The summed E-state index contributed by atoms with van der Waals surface area (Å²) in [7, 11) is 1.89. The molecule has 0 unspecified atom stereocenters. The fraction of sp³-hybridized carbons (Fsp3) is 1.00. The van der Waals surface area contributed by atoms with Gasteiger partial charge in [0.05, 0.1) is 0 Å². The first-order chi connectivity index (χ1) is 4.55. The molecular formula is C7H13F2N. The Hall–Kier alpha value is -0.180. The van der Waals surface area contributed by atoms with Crippen LogP contribution in [0.25, 0.3) is 0 Å². The van der Waals surface area contributed by atoms with Crippen LogP contribution in [0.15, 0.2) is 0 Å². The van der Waals surface area contributed by atoms with Crippen molar-refractivity contribution >= 4 is 0 Å². The van der Waals surface area contributed by atoms with Crippen molar-refractivity contribution in [2.75, 3.05) is 13.6 Å². The minimum atomic E-state index is -2.37. The monoisotopic (exact) mass is 149 g/mol. The molecule has 0 radical (unpaired) electrons. The molecule has 0 aromatic rings. The Morgan fingerprint density at radius 1 is 1.50 bits per heavy atom. The fourth-order valence-corrected chi connectivity index (χ4v) is 1.20. The van der Waals surface area contributed by atoms with Gasteiger partial charge in [-0.15, -0.1) is 0 Å². The van der Waals surface area contributed by atoms with Gasteiger partial charge >= 0.3 is 0 Å². The Balaban J connectivity index is 2.26. The van der Waals surface area contributed by atoms with Gasteiger partial charge in [-0.05, 0) is 13.6 Å². The molecule has 0 amide bonds. The van der Waals surface area contributed by atoms with Crippen molar-refractivity contribution in [3.8, 4) is 0 Å². The minimum absolute atomic E-state index is 0.0529. The molecule has 0 bridgehead atoms. The first-order valence-corrected chi connectivity index (χ1v) is 3.63. The lowest BCUT2D eigenvalue weighted by Crippen LogP contribution is -2.49. The van der Waals surface area contributed by atoms with Gasteiger partial charge in [-0.3, -0.25) is 0 Å². The van der Waals surface area contributed by atoms with Crippen LogP contribution < -0.4 is 0 Å². The van der Waals surface area contributed by atoms with E-state index in [4.69, 9.17) is 0 Å². The zero-order valence-electron chi connectivity index (χ0n) is 6.40. The maximum atomic E-state index is 12.3. The minimum Gasteiger partial charge on any atom is -0.303 e. The van der Waals surface area contributed by atoms with Gasteiger partial charge in [0.1, 0.15) is 0 Å². The van der Waals surface area contributed by atoms with Gasteiger partial charge in [0.25, 0.3) is 5.92 Å². The van der Waals surface area contributed by atoms with Crippen LogP contribution in [-0.2, 0) is 0 Å². The SMILES string of the molecule is CCN(C)C1CC(F)(F)C1. The second-order valence-electron chi connectivity index (χ2n) is 2.99. The summed E-state index contributed by atoms with van der Waals surface area (Å²) in [6.45, 7) is 2.84. The lowest BCUT2D eigenvalue weighted by Gasteiger charge is -2.40. The number of hydrogen-bond acceptors (Lipinski definition) is 1. The van der Waals surface area contributed by atoms with Crippen molar-refractivity contribution in [1.82, 2.24) is 4.90 Å². The molecular weight excluding hydrogens is 136 g/mol. The van der Waals surface area contributed by atoms with Crippen LogP contribution >= 0.6 is 0 Å². The van der Waals surface area contributed by atoms with E-state index >= 15 is 0 Å². The van der Waals surface area contributed by atoms with Crippen molar-refractivity contribution in [2.45, 2.75) is 31.7 Å². The molecule has 0 N–H and O–H groups in total. The number of halogens is 2. The average molecular weight is 149 g/mol. The van der Waals surface area contributed by atoms with E-state index < -0.39 is 5.92 Å². The van der Waals surface area contributed by atoms with Crippen molar-refractivity contribution in [2.24, 2.45) is 0 Å². The third-order valence-electron chi connectivity index (χ3n) is 2.19. The average Bonchev–Trinajstić information content (AvgIpc) is 1.81. The van der Waals surface area contributed by atoms with Gasteiger partial charge < -0.3 is 4.90 Å². The first kappa shape index (κ1) is 7.92. The summed E-state index contributed by atoms with van der Waals surface area (Å²) in [5.74, 6) is -2.37. The van der Waals surface area contributed by atoms with E-state index in [9.17, 15) is 8.78 Å². The number of alkyl halides is 2. The van der Waals surface area contributed by atoms with E-state index in [1.165, 1.54) is 0 Å². The van der Waals surface area contributed by atoms with Crippen LogP contribution in [0.4, 0.5) is 8.78 Å². The lowest BCUT2D eigenvalue weighted by atomic mass is 9.87. The predicted molar refractivity (Wildman–Crippen MR) is 36.3 cm³/mol. The molecule has 0 spiro atoms. The van der Waals surface area contributed by atoms with Gasteiger partial charge in [0.15, 0.2) is 0 Å². The standard InChI is InChI=1S/C7H13F2N/c1-3-10(2)6-4-7(8,9)5-6/h6H,3-5H2,1-2H3. The maximum Gasteiger partial charge on any atom is 0.251 e. The van der Waals surface area contributed by atoms with Crippen LogP contribution in [0.3, 0.4) is 0 Å². The summed E-state index contributed by atoms with van der Waals surface area (Å²) in [5.41, 5.74) is 0. The molecule has 60 valence electrons. The molecule has 1 aliphatic carbocycles. The first-order valence-electron chi connectivity index (χ1n) is 3.63. The topological polar surface area (TPSA) is 3.24 Å². The van der Waals surface area contributed by atoms with E-state index in [1.54, 1.807) is 0 Å². The maximum absolute atomic E-state index is 12.3. The highest BCUT2D eigenvalue weighted by molar-refractivity contribution is 4.91. The number of nitrogens with zero attached hydrogens (tertiary/aromatic N) is 1. The molecule has 10 heavy (non-hydrogen) atoms. The Morgan fingerprint density at radius 2 is 2.00 bits per heavy atom. The van der Waals surface area contributed by atoms with Crippen molar-refractivity contribution in [1.29, 1.82) is 0 Å². The fourth-order valence-electron chi connectivity index (χ4n) is 1.20. The molecule has 3 heteroatoms. The van der Waals surface area contributed by atoms with Crippen LogP contribution in [0, 0.1) is 0 Å². The summed E-state index contributed by atoms with van der Waals surface area (Å²) >= 11 is 0. The Labute approximate surface area is 60.0 Å². The van der Waals surface area contributed by atoms with Gasteiger partial charge in [0, 0.05) is 18.9 Å². The third-order valence-corrected chi connectivity index (χ3v) is 2.19. The number of hydrogen-bond donors (Lipinski definition) is 0. The van der Waals surface area contributed by atoms with E-state index in [2.05, 4.69) is 0 Å². The van der Waals surface area contributed by atoms with Crippen molar-refractivity contribution < 1.29 is 8.78 Å². The van der Waals surface area contributed by atoms with Crippen molar-refractivity contribution in [3.63, 3.8) is 0 Å². The second-order valence-corrected chi connectivity index (χ2v) is 2.99. The molecule has 1 rings (SSSR count). The summed E-state index contributed by atoms with van der Waals surface area (Å²) in [4.78, 5) is 1.97. The number of rotatable bonds is 2. The second kappa shape index (κ2) is 2.46. The molecule has 0 saturated heterocycles. The van der Waals surface area contributed by atoms with Crippen molar-refractivity contribution in [3.05, 3.63) is 0 Å². The highest BCUT2D eigenvalue weighted by Crippen LogP contribution is 2.39. The van der Waals surface area contributed by atoms with Gasteiger partial charge in [-0.25, -0.2) is 8.78 Å². The molecule has 1 nitrogen and oxygen atoms in total. The molecule has 1 aliphatic rings. The summed E-state index contributed by atoms with van der Waals surface area (Å²) < 4.78 is 24.5. The molecule has 0 atom stereocenters. The van der Waals surface area contributed by atoms with E-state index in [0.29, 0.717) is 0 Å². The van der Waals surface area contributed by atoms with E-state index in [1.807, 2.05) is 18.9 Å². The van der Waals surface area contributed by atoms with Gasteiger partial charge in [-0.1, -0.05) is 6.92 Å². The zero-order chi connectivity index (χ0) is 7.78. The molecule has 1 saturated carbocycles. The van der Waals surface area contributed by atoms with Gasteiger partial charge in [0.2, 0.25) is 0 Å². The highest BCUT2D eigenvalue weighted by Gasteiger charge is 2.46. The van der Waals surface area contributed by atoms with Gasteiger partial charge in [-0.2, -0.15) is 0 Å². The third kappa shape index (κ3) is 1.45. The molecule has 1 fully saturated rings. The Morgan fingerprint density at radius 3 is 2.30 bits per heavy atom. The van der Waals surface area contributed by atoms with Crippen LogP contribution in [0.5, 0.6) is 0 Å². The van der Waals surface area contributed by atoms with Crippen LogP contribution in [0.1, 0.15) is 19.8 Å². The molecule has 0 heterocycles. The van der Waals surface area contributed by atoms with E-state index in [-0.39, 0.29) is 18.9 Å². The molecule has 0 aliphatic heterocycles. The predicted octanol–water partition coefficient (Wildman–Crippen LogP) is 1.74. The summed E-state index contributed by atoms with van der Waals surface area (Å²) in [5, 5.41) is 0. The normalized spacial score (nSPS) is 24.9. The summed E-state index contributed by atoms with van der Waals surface area (Å²) in [6, 6.07) is 0.125. The van der Waals surface area contributed by atoms with Crippen LogP contribution in [0.2, 0.25) is 0 Å². The molecule has 0 aromatic heterocycles. The smallest absolute Gasteiger partial charge is 0.251 e. The van der Waals surface area contributed by atoms with E-state index in [0.717, 1.165) is 6.54 Å².